The molecule has 2 heterocycles. The third-order valence-electron chi connectivity index (χ3n) is 4.32. The second-order valence-electron chi connectivity index (χ2n) is 6.06. The van der Waals surface area contributed by atoms with Gasteiger partial charge in [-0.1, -0.05) is 30.3 Å². The van der Waals surface area contributed by atoms with E-state index in [1.807, 2.05) is 0 Å². The molecule has 1 aromatic heterocycles. The van der Waals surface area contributed by atoms with Gasteiger partial charge in [-0.05, 0) is 29.8 Å². The topological polar surface area (TPSA) is 109 Å². The minimum Gasteiger partial charge on any atom is -0.508 e. The van der Waals surface area contributed by atoms with Crippen LogP contribution in [0.5, 0.6) is 5.75 Å². The van der Waals surface area contributed by atoms with Crippen LogP contribution >= 0.6 is 0 Å². The number of urea groups is 1. The molecule has 3 aromatic rings. The van der Waals surface area contributed by atoms with E-state index in [9.17, 15) is 19.5 Å². The zero-order valence-corrected chi connectivity index (χ0v) is 13.9. The third kappa shape index (κ3) is 3.06. The fraction of sp³-hybridized carbons (Fsp3) is 0.0500. The largest absolute Gasteiger partial charge is 0.508 e. The van der Waals surface area contributed by atoms with Crippen molar-refractivity contribution < 1.29 is 19.1 Å². The zero-order valence-electron chi connectivity index (χ0n) is 13.9. The van der Waals surface area contributed by atoms with Crippen LogP contribution in [0.2, 0.25) is 0 Å². The minimum atomic E-state index is -0.766. The fourth-order valence-corrected chi connectivity index (χ4v) is 2.98. The van der Waals surface area contributed by atoms with Crippen LogP contribution in [-0.4, -0.2) is 16.9 Å². The predicted molar refractivity (Wildman–Crippen MR) is 97.4 cm³/mol. The Hall–Kier alpha value is -3.87. The summed E-state index contributed by atoms with van der Waals surface area (Å²) in [6.45, 7) is 0. The minimum absolute atomic E-state index is 0.0611. The number of hydrogen-bond donors (Lipinski definition) is 3. The highest BCUT2D eigenvalue weighted by Crippen LogP contribution is 2.27. The Bertz CT molecular complexity index is 1140. The van der Waals surface area contributed by atoms with E-state index in [4.69, 9.17) is 4.42 Å². The van der Waals surface area contributed by atoms with Gasteiger partial charge in [-0.15, -0.1) is 0 Å². The van der Waals surface area contributed by atoms with Crippen LogP contribution in [-0.2, 0) is 0 Å². The smallest absolute Gasteiger partial charge is 0.347 e. The van der Waals surface area contributed by atoms with Crippen molar-refractivity contribution in [1.82, 2.24) is 10.6 Å². The van der Waals surface area contributed by atoms with Gasteiger partial charge in [0.2, 0.25) is 0 Å². The van der Waals surface area contributed by atoms with E-state index in [-0.39, 0.29) is 16.9 Å². The van der Waals surface area contributed by atoms with Crippen LogP contribution in [0.4, 0.5) is 4.79 Å². The lowest BCUT2D eigenvalue weighted by atomic mass is 9.92. The molecular formula is C20H14N2O5. The monoisotopic (exact) mass is 362 g/mol. The number of carbonyl (C=O) groups is 2. The Labute approximate surface area is 152 Å². The average molecular weight is 362 g/mol. The lowest BCUT2D eigenvalue weighted by molar-refractivity contribution is 0.102. The first-order chi connectivity index (χ1) is 13.0. The first kappa shape index (κ1) is 16.6. The summed E-state index contributed by atoms with van der Waals surface area (Å²) < 4.78 is 5.24. The summed E-state index contributed by atoms with van der Waals surface area (Å²) in [5.74, 6) is -0.494. The van der Waals surface area contributed by atoms with Gasteiger partial charge in [0.15, 0.2) is 5.78 Å². The Balaban J connectivity index is 1.79. The van der Waals surface area contributed by atoms with Gasteiger partial charge < -0.3 is 20.2 Å². The third-order valence-corrected chi connectivity index (χ3v) is 4.32. The number of ketones is 1. The number of phenols is 1. The van der Waals surface area contributed by atoms with Crippen molar-refractivity contribution in [2.45, 2.75) is 6.04 Å². The lowest BCUT2D eigenvalue weighted by Gasteiger charge is -2.25. The van der Waals surface area contributed by atoms with Crippen LogP contribution in [0.15, 0.2) is 75.6 Å². The van der Waals surface area contributed by atoms with Crippen LogP contribution in [0, 0.1) is 0 Å². The standard InChI is InChI=1S/C20H14N2O5/c23-13-7-5-11(6-8-13)17-15(10-21-20(26)22-17)18(24)14-9-12-3-1-2-4-16(12)27-19(14)25/h1-10,17,23H,(H2,21,22,26). The number of hydrogen-bond acceptors (Lipinski definition) is 5. The van der Waals surface area contributed by atoms with Gasteiger partial charge in [0.05, 0.1) is 6.04 Å². The second-order valence-corrected chi connectivity index (χ2v) is 6.06. The van der Waals surface area contributed by atoms with E-state index < -0.39 is 23.5 Å². The number of para-hydroxylation sites is 1. The summed E-state index contributed by atoms with van der Waals surface area (Å²) in [7, 11) is 0. The highest BCUT2D eigenvalue weighted by atomic mass is 16.4. The number of fused-ring (bicyclic) bond motifs is 1. The molecule has 1 aliphatic rings. The van der Waals surface area contributed by atoms with Crippen molar-refractivity contribution in [3.8, 4) is 5.75 Å². The molecule has 2 amide bonds. The molecule has 7 nitrogen and oxygen atoms in total. The molecule has 0 radical (unpaired) electrons. The highest BCUT2D eigenvalue weighted by Gasteiger charge is 2.30. The Morgan fingerprint density at radius 2 is 1.78 bits per heavy atom. The first-order valence-corrected chi connectivity index (χ1v) is 8.16. The molecule has 1 aliphatic heterocycles. The van der Waals surface area contributed by atoms with Gasteiger partial charge >= 0.3 is 11.7 Å². The van der Waals surface area contributed by atoms with Gasteiger partial charge in [-0.3, -0.25) is 4.79 Å². The molecule has 1 atom stereocenters. The first-order valence-electron chi connectivity index (χ1n) is 8.16. The number of carbonyl (C=O) groups excluding carboxylic acids is 2. The van der Waals surface area contributed by atoms with Crippen molar-refractivity contribution in [2.24, 2.45) is 0 Å². The SMILES string of the molecule is O=C1NC=C(C(=O)c2cc3ccccc3oc2=O)C(c2ccc(O)cc2)N1. The van der Waals surface area contributed by atoms with Gasteiger partial charge in [0, 0.05) is 17.2 Å². The molecule has 0 fully saturated rings. The maximum atomic E-state index is 13.1. The van der Waals surface area contributed by atoms with Crippen LogP contribution in [0.3, 0.4) is 0 Å². The molecule has 7 heteroatoms. The summed E-state index contributed by atoms with van der Waals surface area (Å²) in [4.78, 5) is 37.1. The van der Waals surface area contributed by atoms with Crippen molar-refractivity contribution in [1.29, 1.82) is 0 Å². The maximum Gasteiger partial charge on any atom is 0.347 e. The second kappa shape index (κ2) is 6.45. The quantitative estimate of drug-likeness (QED) is 0.490. The molecule has 1 unspecified atom stereocenters. The van der Waals surface area contributed by atoms with E-state index in [0.717, 1.165) is 0 Å². The van der Waals surface area contributed by atoms with E-state index >= 15 is 0 Å². The summed E-state index contributed by atoms with van der Waals surface area (Å²) >= 11 is 0. The number of Topliss-reactive ketones (excluding diaryl/α,β-unsaturated/α-hetero) is 1. The fourth-order valence-electron chi connectivity index (χ4n) is 2.98. The normalized spacial score (nSPS) is 16.4. The van der Waals surface area contributed by atoms with Crippen molar-refractivity contribution >= 4 is 22.8 Å². The van der Waals surface area contributed by atoms with Crippen LogP contribution in [0.1, 0.15) is 22.0 Å². The van der Waals surface area contributed by atoms with E-state index in [0.29, 0.717) is 16.5 Å². The van der Waals surface area contributed by atoms with Crippen LogP contribution in [0.25, 0.3) is 11.0 Å². The molecule has 0 aliphatic carbocycles. The molecule has 2 aromatic carbocycles. The maximum absolute atomic E-state index is 13.1. The van der Waals surface area contributed by atoms with E-state index in [1.165, 1.54) is 24.4 Å². The Morgan fingerprint density at radius 3 is 2.56 bits per heavy atom. The van der Waals surface area contributed by atoms with Gasteiger partial charge in [0.1, 0.15) is 16.9 Å². The summed E-state index contributed by atoms with van der Waals surface area (Å²) in [6, 6.07) is 13.2. The zero-order chi connectivity index (χ0) is 19.0. The molecule has 0 spiro atoms. The van der Waals surface area contributed by atoms with Gasteiger partial charge in [0.25, 0.3) is 0 Å². The molecule has 0 saturated carbocycles. The van der Waals surface area contributed by atoms with E-state index in [1.54, 1.807) is 36.4 Å². The van der Waals surface area contributed by atoms with Gasteiger partial charge in [-0.25, -0.2) is 9.59 Å². The number of phenolic OH excluding ortho intramolecular Hbond substituents is 1. The predicted octanol–water partition coefficient (Wildman–Crippen LogP) is 2.62. The lowest BCUT2D eigenvalue weighted by Crippen LogP contribution is -2.42. The number of aromatic hydroxyl groups is 1. The van der Waals surface area contributed by atoms with Crippen molar-refractivity contribution in [3.05, 3.63) is 87.9 Å². The molecule has 3 N–H and O–H groups in total. The Kier molecular flexibility index (Phi) is 3.97. The van der Waals surface area contributed by atoms with E-state index in [2.05, 4.69) is 10.6 Å². The molecule has 0 saturated heterocycles. The summed E-state index contributed by atoms with van der Waals surface area (Å²) in [5, 5.41) is 15.2. The number of nitrogens with one attached hydrogen (secondary N) is 2. The summed E-state index contributed by atoms with van der Waals surface area (Å²) in [5.41, 5.74) is 0.288. The molecule has 134 valence electrons. The van der Waals surface area contributed by atoms with Crippen molar-refractivity contribution in [3.63, 3.8) is 0 Å². The molecule has 0 bridgehead atoms. The van der Waals surface area contributed by atoms with Crippen LogP contribution < -0.4 is 16.3 Å². The van der Waals surface area contributed by atoms with Gasteiger partial charge in [-0.2, -0.15) is 0 Å². The molecular weight excluding hydrogens is 348 g/mol. The number of rotatable bonds is 3. The van der Waals surface area contributed by atoms with Crippen molar-refractivity contribution in [2.75, 3.05) is 0 Å². The molecule has 4 rings (SSSR count). The molecule has 27 heavy (non-hydrogen) atoms. The number of benzene rings is 2. The number of amides is 2. The Morgan fingerprint density at radius 1 is 1.04 bits per heavy atom. The average Bonchev–Trinajstić information content (AvgIpc) is 2.67. The summed E-state index contributed by atoms with van der Waals surface area (Å²) in [6.07, 6.45) is 1.29. The highest BCUT2D eigenvalue weighted by molar-refractivity contribution is 6.11.